The van der Waals surface area contributed by atoms with E-state index in [9.17, 15) is 4.79 Å². The molecule has 0 radical (unpaired) electrons. The van der Waals surface area contributed by atoms with Crippen molar-refractivity contribution in [2.45, 2.75) is 38.9 Å². The second kappa shape index (κ2) is 5.66. The predicted octanol–water partition coefficient (Wildman–Crippen LogP) is 1.82. The van der Waals surface area contributed by atoms with Crippen LogP contribution in [0.15, 0.2) is 12.1 Å². The molecule has 1 saturated heterocycles. The number of aromatic nitrogens is 1. The second-order valence-electron chi connectivity index (χ2n) is 5.80. The molecule has 6 heteroatoms. The van der Waals surface area contributed by atoms with E-state index in [1.165, 1.54) is 0 Å². The zero-order valence-electron chi connectivity index (χ0n) is 12.1. The van der Waals surface area contributed by atoms with Gasteiger partial charge in [0.25, 0.3) is 0 Å². The highest BCUT2D eigenvalue weighted by molar-refractivity contribution is 5.88. The first-order valence-electron chi connectivity index (χ1n) is 6.70. The van der Waals surface area contributed by atoms with Gasteiger partial charge in [-0.1, -0.05) is 0 Å². The number of carbonyl (C=O) groups excluding carboxylic acids is 1. The number of hydrogen-bond donors (Lipinski definition) is 2. The van der Waals surface area contributed by atoms with Crippen LogP contribution in [0.25, 0.3) is 0 Å². The second-order valence-corrected chi connectivity index (χ2v) is 5.80. The van der Waals surface area contributed by atoms with Gasteiger partial charge in [0.1, 0.15) is 11.4 Å². The standard InChI is InChI=1S/C14H21N3O3/c1-14(2,3)20-13(18)11-5-4-10(15)12(17-11)16-8-9-6-7-19-9/h4-5,9H,6-8,15H2,1-3H3,(H,16,17). The zero-order chi connectivity index (χ0) is 14.8. The molecule has 0 aliphatic carbocycles. The van der Waals surface area contributed by atoms with Crippen molar-refractivity contribution in [3.8, 4) is 0 Å². The van der Waals surface area contributed by atoms with Gasteiger partial charge in [0, 0.05) is 13.2 Å². The molecule has 3 N–H and O–H groups in total. The Morgan fingerprint density at radius 3 is 2.80 bits per heavy atom. The lowest BCUT2D eigenvalue weighted by Crippen LogP contribution is -2.34. The quantitative estimate of drug-likeness (QED) is 0.818. The molecule has 0 saturated carbocycles. The van der Waals surface area contributed by atoms with Crippen molar-refractivity contribution in [2.24, 2.45) is 0 Å². The van der Waals surface area contributed by atoms with E-state index in [0.717, 1.165) is 13.0 Å². The SMILES string of the molecule is CC(C)(C)OC(=O)c1ccc(N)c(NCC2CCO2)n1. The summed E-state index contributed by atoms with van der Waals surface area (Å²) in [5.74, 6) is 0.0318. The molecule has 1 aliphatic heterocycles. The number of nitrogens with two attached hydrogens (primary N) is 1. The molecule has 110 valence electrons. The molecule has 1 aromatic rings. The van der Waals surface area contributed by atoms with Crippen LogP contribution in [0.3, 0.4) is 0 Å². The fraction of sp³-hybridized carbons (Fsp3) is 0.571. The number of carbonyl (C=O) groups is 1. The summed E-state index contributed by atoms with van der Waals surface area (Å²) in [6, 6.07) is 3.21. The molecular weight excluding hydrogens is 258 g/mol. The predicted molar refractivity (Wildman–Crippen MR) is 76.7 cm³/mol. The van der Waals surface area contributed by atoms with Crippen molar-refractivity contribution in [1.82, 2.24) is 4.98 Å². The van der Waals surface area contributed by atoms with Crippen LogP contribution in [0.4, 0.5) is 11.5 Å². The molecular formula is C14H21N3O3. The van der Waals surface area contributed by atoms with Gasteiger partial charge in [-0.05, 0) is 39.3 Å². The number of nitrogen functional groups attached to an aromatic ring is 1. The van der Waals surface area contributed by atoms with Crippen molar-refractivity contribution < 1.29 is 14.3 Å². The average Bonchev–Trinajstić information content (AvgIpc) is 2.27. The minimum absolute atomic E-state index is 0.196. The molecule has 0 spiro atoms. The fourth-order valence-corrected chi connectivity index (χ4v) is 1.71. The molecule has 1 fully saturated rings. The Bertz CT molecular complexity index is 493. The largest absolute Gasteiger partial charge is 0.455 e. The lowest BCUT2D eigenvalue weighted by molar-refractivity contribution is -0.0410. The van der Waals surface area contributed by atoms with Gasteiger partial charge in [-0.3, -0.25) is 0 Å². The van der Waals surface area contributed by atoms with Gasteiger partial charge in [0.15, 0.2) is 5.69 Å². The van der Waals surface area contributed by atoms with E-state index in [0.29, 0.717) is 18.1 Å². The van der Waals surface area contributed by atoms with Crippen molar-refractivity contribution in [2.75, 3.05) is 24.2 Å². The lowest BCUT2D eigenvalue weighted by Gasteiger charge is -2.27. The van der Waals surface area contributed by atoms with Gasteiger partial charge in [-0.2, -0.15) is 0 Å². The Hall–Kier alpha value is -1.82. The van der Waals surface area contributed by atoms with Crippen LogP contribution in [0.5, 0.6) is 0 Å². The van der Waals surface area contributed by atoms with E-state index in [2.05, 4.69) is 10.3 Å². The summed E-state index contributed by atoms with van der Waals surface area (Å²) in [5.41, 5.74) is 6.04. The first-order chi connectivity index (χ1) is 9.35. The van der Waals surface area contributed by atoms with Gasteiger partial charge in [-0.15, -0.1) is 0 Å². The Balaban J connectivity index is 2.04. The van der Waals surface area contributed by atoms with E-state index in [1.54, 1.807) is 12.1 Å². The third-order valence-corrected chi connectivity index (χ3v) is 2.83. The van der Waals surface area contributed by atoms with Crippen molar-refractivity contribution >= 4 is 17.5 Å². The molecule has 0 bridgehead atoms. The van der Waals surface area contributed by atoms with Crippen molar-refractivity contribution in [3.63, 3.8) is 0 Å². The number of esters is 1. The number of rotatable bonds is 4. The van der Waals surface area contributed by atoms with Gasteiger partial charge in [-0.25, -0.2) is 9.78 Å². The summed E-state index contributed by atoms with van der Waals surface area (Å²) in [4.78, 5) is 16.2. The maximum absolute atomic E-state index is 12.0. The highest BCUT2D eigenvalue weighted by Crippen LogP contribution is 2.19. The fourth-order valence-electron chi connectivity index (χ4n) is 1.71. The van der Waals surface area contributed by atoms with Crippen LogP contribution in [-0.4, -0.2) is 35.8 Å². The summed E-state index contributed by atoms with van der Waals surface area (Å²) < 4.78 is 10.6. The van der Waals surface area contributed by atoms with E-state index in [4.69, 9.17) is 15.2 Å². The first-order valence-corrected chi connectivity index (χ1v) is 6.70. The van der Waals surface area contributed by atoms with Gasteiger partial charge >= 0.3 is 5.97 Å². The molecule has 1 aliphatic rings. The maximum Gasteiger partial charge on any atom is 0.357 e. The third kappa shape index (κ3) is 3.84. The average molecular weight is 279 g/mol. The minimum atomic E-state index is -0.548. The van der Waals surface area contributed by atoms with Gasteiger partial charge in [0.2, 0.25) is 0 Å². The van der Waals surface area contributed by atoms with Crippen LogP contribution in [-0.2, 0) is 9.47 Å². The highest BCUT2D eigenvalue weighted by Gasteiger charge is 2.21. The summed E-state index contributed by atoms with van der Waals surface area (Å²) in [5, 5.41) is 3.10. The Morgan fingerprint density at radius 1 is 1.55 bits per heavy atom. The van der Waals surface area contributed by atoms with Crippen molar-refractivity contribution in [3.05, 3.63) is 17.8 Å². The van der Waals surface area contributed by atoms with Crippen LogP contribution in [0.2, 0.25) is 0 Å². The summed E-state index contributed by atoms with van der Waals surface area (Å²) in [6.07, 6.45) is 1.22. The Kier molecular flexibility index (Phi) is 4.13. The molecule has 6 nitrogen and oxygen atoms in total. The lowest BCUT2D eigenvalue weighted by atomic mass is 10.2. The summed E-state index contributed by atoms with van der Waals surface area (Å²) in [6.45, 7) is 6.88. The van der Waals surface area contributed by atoms with Crippen LogP contribution in [0.1, 0.15) is 37.7 Å². The number of anilines is 2. The normalized spacial score (nSPS) is 18.2. The van der Waals surface area contributed by atoms with Crippen LogP contribution >= 0.6 is 0 Å². The molecule has 2 heterocycles. The number of nitrogens with one attached hydrogen (secondary N) is 1. The van der Waals surface area contributed by atoms with E-state index in [1.807, 2.05) is 20.8 Å². The van der Waals surface area contributed by atoms with E-state index >= 15 is 0 Å². The zero-order valence-corrected chi connectivity index (χ0v) is 12.1. The van der Waals surface area contributed by atoms with Crippen LogP contribution in [0, 0.1) is 0 Å². The molecule has 1 aromatic heterocycles. The van der Waals surface area contributed by atoms with E-state index < -0.39 is 11.6 Å². The first kappa shape index (κ1) is 14.6. The van der Waals surface area contributed by atoms with Crippen molar-refractivity contribution in [1.29, 1.82) is 0 Å². The molecule has 1 unspecified atom stereocenters. The minimum Gasteiger partial charge on any atom is -0.455 e. The maximum atomic E-state index is 12.0. The molecule has 20 heavy (non-hydrogen) atoms. The van der Waals surface area contributed by atoms with Gasteiger partial charge in [0.05, 0.1) is 11.8 Å². The molecule has 2 rings (SSSR count). The molecule has 1 atom stereocenters. The summed E-state index contributed by atoms with van der Waals surface area (Å²) in [7, 11) is 0. The number of nitrogens with zero attached hydrogens (tertiary/aromatic N) is 1. The summed E-state index contributed by atoms with van der Waals surface area (Å²) >= 11 is 0. The third-order valence-electron chi connectivity index (χ3n) is 2.83. The molecule has 0 aromatic carbocycles. The Labute approximate surface area is 118 Å². The highest BCUT2D eigenvalue weighted by atomic mass is 16.6. The number of ether oxygens (including phenoxy) is 2. The smallest absolute Gasteiger partial charge is 0.357 e. The Morgan fingerprint density at radius 2 is 2.25 bits per heavy atom. The molecule has 0 amide bonds. The number of pyridine rings is 1. The van der Waals surface area contributed by atoms with Gasteiger partial charge < -0.3 is 20.5 Å². The number of hydrogen-bond acceptors (Lipinski definition) is 6. The van der Waals surface area contributed by atoms with Crippen LogP contribution < -0.4 is 11.1 Å². The monoisotopic (exact) mass is 279 g/mol. The topological polar surface area (TPSA) is 86.5 Å². The van der Waals surface area contributed by atoms with E-state index in [-0.39, 0.29) is 11.8 Å².